The average Bonchev–Trinajstić information content (AvgIpc) is 2.75. The van der Waals surface area contributed by atoms with Crippen LogP contribution in [0.2, 0.25) is 0 Å². The Morgan fingerprint density at radius 2 is 2.29 bits per heavy atom. The van der Waals surface area contributed by atoms with E-state index >= 15 is 0 Å². The maximum atomic E-state index is 12.0. The number of alkyl halides is 1. The van der Waals surface area contributed by atoms with Crippen LogP contribution in [0, 0.1) is 0 Å². The van der Waals surface area contributed by atoms with E-state index in [0.717, 1.165) is 19.3 Å². The Labute approximate surface area is 106 Å². The minimum absolute atomic E-state index is 0.0598. The molecule has 1 N–H and O–H groups in total. The Balaban J connectivity index is 2.03. The number of carbonyl (C=O) groups excluding carboxylic acids is 1. The van der Waals surface area contributed by atoms with Crippen LogP contribution in [0.5, 0.6) is 5.75 Å². The summed E-state index contributed by atoms with van der Waals surface area (Å²) in [5.41, 5.74) is 0.611. The lowest BCUT2D eigenvalue weighted by molar-refractivity contribution is 0.0938. The zero-order chi connectivity index (χ0) is 12.3. The summed E-state index contributed by atoms with van der Waals surface area (Å²) in [6.45, 7) is 0. The fourth-order valence-electron chi connectivity index (χ4n) is 2.09. The number of hydrogen-bond donors (Lipinski definition) is 1. The van der Waals surface area contributed by atoms with Crippen molar-refractivity contribution in [2.45, 2.75) is 30.7 Å². The standard InChI is InChI=1S/C13H16ClNO2/c1-17-10-5-2-4-9(8-10)13(16)15-12-7-3-6-11(12)14/h2,4-5,8,11-12H,3,6-7H2,1H3,(H,15,16). The normalized spacial score (nSPS) is 23.4. The predicted molar refractivity (Wildman–Crippen MR) is 67.7 cm³/mol. The lowest BCUT2D eigenvalue weighted by Gasteiger charge is -2.16. The minimum atomic E-state index is -0.0820. The van der Waals surface area contributed by atoms with E-state index in [4.69, 9.17) is 16.3 Å². The SMILES string of the molecule is COc1cccc(C(=O)NC2CCCC2Cl)c1. The van der Waals surface area contributed by atoms with Crippen molar-refractivity contribution in [1.29, 1.82) is 0 Å². The smallest absolute Gasteiger partial charge is 0.251 e. The van der Waals surface area contributed by atoms with Crippen LogP contribution in [0.4, 0.5) is 0 Å². The van der Waals surface area contributed by atoms with Crippen molar-refractivity contribution in [2.75, 3.05) is 7.11 Å². The second-order valence-electron chi connectivity index (χ2n) is 4.26. The van der Waals surface area contributed by atoms with Crippen molar-refractivity contribution in [1.82, 2.24) is 5.32 Å². The highest BCUT2D eigenvalue weighted by molar-refractivity contribution is 6.21. The van der Waals surface area contributed by atoms with Gasteiger partial charge in [0.25, 0.3) is 5.91 Å². The highest BCUT2D eigenvalue weighted by Crippen LogP contribution is 2.24. The predicted octanol–water partition coefficient (Wildman–Crippen LogP) is 2.58. The van der Waals surface area contributed by atoms with E-state index in [1.165, 1.54) is 0 Å². The molecule has 1 aliphatic carbocycles. The molecule has 2 unspecified atom stereocenters. The van der Waals surface area contributed by atoms with E-state index in [2.05, 4.69) is 5.32 Å². The summed E-state index contributed by atoms with van der Waals surface area (Å²) >= 11 is 6.13. The Hall–Kier alpha value is -1.22. The van der Waals surface area contributed by atoms with Crippen molar-refractivity contribution in [2.24, 2.45) is 0 Å². The Bertz CT molecular complexity index is 408. The quantitative estimate of drug-likeness (QED) is 0.841. The average molecular weight is 254 g/mol. The van der Waals surface area contributed by atoms with Gasteiger partial charge in [-0.25, -0.2) is 0 Å². The van der Waals surface area contributed by atoms with E-state index in [1.807, 2.05) is 6.07 Å². The monoisotopic (exact) mass is 253 g/mol. The second-order valence-corrected chi connectivity index (χ2v) is 4.82. The zero-order valence-corrected chi connectivity index (χ0v) is 10.5. The Kier molecular flexibility index (Phi) is 3.89. The highest BCUT2D eigenvalue weighted by atomic mass is 35.5. The number of rotatable bonds is 3. The number of carbonyl (C=O) groups is 1. The first-order valence-corrected chi connectivity index (χ1v) is 6.23. The summed E-state index contributed by atoms with van der Waals surface area (Å²) in [4.78, 5) is 12.0. The van der Waals surface area contributed by atoms with Gasteiger partial charge in [0.1, 0.15) is 5.75 Å². The first kappa shape index (κ1) is 12.2. The van der Waals surface area contributed by atoms with Gasteiger partial charge in [-0.05, 0) is 37.5 Å². The van der Waals surface area contributed by atoms with Gasteiger partial charge < -0.3 is 10.1 Å². The number of halogens is 1. The minimum Gasteiger partial charge on any atom is -0.497 e. The molecule has 1 aromatic carbocycles. The largest absolute Gasteiger partial charge is 0.497 e. The molecule has 0 aliphatic heterocycles. The number of nitrogens with one attached hydrogen (secondary N) is 1. The summed E-state index contributed by atoms with van der Waals surface area (Å²) in [5, 5.41) is 3.03. The zero-order valence-electron chi connectivity index (χ0n) is 9.78. The maximum Gasteiger partial charge on any atom is 0.251 e. The van der Waals surface area contributed by atoms with Gasteiger partial charge in [-0.2, -0.15) is 0 Å². The fraction of sp³-hybridized carbons (Fsp3) is 0.462. The number of ether oxygens (including phenoxy) is 1. The van der Waals surface area contributed by atoms with Gasteiger partial charge in [0.2, 0.25) is 0 Å². The van der Waals surface area contributed by atoms with Crippen LogP contribution < -0.4 is 10.1 Å². The van der Waals surface area contributed by atoms with Gasteiger partial charge in [-0.15, -0.1) is 11.6 Å². The van der Waals surface area contributed by atoms with E-state index in [1.54, 1.807) is 25.3 Å². The third-order valence-electron chi connectivity index (χ3n) is 3.08. The molecule has 0 aromatic heterocycles. The summed E-state index contributed by atoms with van der Waals surface area (Å²) in [7, 11) is 1.59. The van der Waals surface area contributed by atoms with Gasteiger partial charge in [0.15, 0.2) is 0 Å². The molecule has 0 heterocycles. The molecule has 1 fully saturated rings. The van der Waals surface area contributed by atoms with Crippen molar-refractivity contribution in [3.63, 3.8) is 0 Å². The molecule has 0 saturated heterocycles. The van der Waals surface area contributed by atoms with Gasteiger partial charge >= 0.3 is 0 Å². The molecule has 17 heavy (non-hydrogen) atoms. The Morgan fingerprint density at radius 3 is 2.94 bits per heavy atom. The third kappa shape index (κ3) is 2.91. The van der Waals surface area contributed by atoms with Crippen molar-refractivity contribution < 1.29 is 9.53 Å². The molecular formula is C13H16ClNO2. The van der Waals surface area contributed by atoms with Crippen molar-refractivity contribution in [3.05, 3.63) is 29.8 Å². The first-order chi connectivity index (χ1) is 8.20. The molecule has 92 valence electrons. The molecule has 0 radical (unpaired) electrons. The van der Waals surface area contributed by atoms with Gasteiger partial charge in [0.05, 0.1) is 12.5 Å². The van der Waals surface area contributed by atoms with Crippen LogP contribution in [-0.2, 0) is 0 Å². The van der Waals surface area contributed by atoms with E-state index in [9.17, 15) is 4.79 Å². The lowest BCUT2D eigenvalue weighted by Crippen LogP contribution is -2.37. The third-order valence-corrected chi connectivity index (χ3v) is 3.60. The van der Waals surface area contributed by atoms with E-state index < -0.39 is 0 Å². The van der Waals surface area contributed by atoms with Crippen LogP contribution in [-0.4, -0.2) is 24.4 Å². The fourth-order valence-corrected chi connectivity index (χ4v) is 2.44. The van der Waals surface area contributed by atoms with Crippen LogP contribution in [0.25, 0.3) is 0 Å². The maximum absolute atomic E-state index is 12.0. The second kappa shape index (κ2) is 5.41. The number of amides is 1. The molecule has 0 spiro atoms. The van der Waals surface area contributed by atoms with Crippen LogP contribution in [0.1, 0.15) is 29.6 Å². The summed E-state index contributed by atoms with van der Waals surface area (Å²) in [6.07, 6.45) is 3.02. The Morgan fingerprint density at radius 1 is 1.47 bits per heavy atom. The van der Waals surface area contributed by atoms with Gasteiger partial charge in [-0.3, -0.25) is 4.79 Å². The molecule has 0 bridgehead atoms. The summed E-state index contributed by atoms with van der Waals surface area (Å²) in [6, 6.07) is 7.22. The van der Waals surface area contributed by atoms with E-state index in [0.29, 0.717) is 11.3 Å². The summed E-state index contributed by atoms with van der Waals surface area (Å²) < 4.78 is 5.09. The van der Waals surface area contributed by atoms with E-state index in [-0.39, 0.29) is 17.3 Å². The topological polar surface area (TPSA) is 38.3 Å². The molecule has 3 nitrogen and oxygen atoms in total. The molecule has 1 saturated carbocycles. The molecule has 2 atom stereocenters. The molecular weight excluding hydrogens is 238 g/mol. The van der Waals surface area contributed by atoms with Crippen LogP contribution in [0.15, 0.2) is 24.3 Å². The highest BCUT2D eigenvalue weighted by Gasteiger charge is 2.26. The molecule has 4 heteroatoms. The van der Waals surface area contributed by atoms with Gasteiger partial charge in [0, 0.05) is 11.6 Å². The molecule has 1 aromatic rings. The molecule has 1 aliphatic rings. The molecule has 1 amide bonds. The van der Waals surface area contributed by atoms with Crippen molar-refractivity contribution in [3.8, 4) is 5.75 Å². The number of methoxy groups -OCH3 is 1. The number of hydrogen-bond acceptors (Lipinski definition) is 2. The lowest BCUT2D eigenvalue weighted by atomic mass is 10.1. The first-order valence-electron chi connectivity index (χ1n) is 5.79. The molecule has 2 rings (SSSR count). The number of benzene rings is 1. The van der Waals surface area contributed by atoms with Gasteiger partial charge in [-0.1, -0.05) is 6.07 Å². The summed E-state index contributed by atoms with van der Waals surface area (Å²) in [5.74, 6) is 0.605. The van der Waals surface area contributed by atoms with Crippen LogP contribution in [0.3, 0.4) is 0 Å². The van der Waals surface area contributed by atoms with Crippen LogP contribution >= 0.6 is 11.6 Å². The van der Waals surface area contributed by atoms with Crippen molar-refractivity contribution >= 4 is 17.5 Å².